The van der Waals surface area contributed by atoms with Crippen LogP contribution >= 0.6 is 11.6 Å². The molecule has 178 valence electrons. The first kappa shape index (κ1) is 22.8. The van der Waals surface area contributed by atoms with E-state index in [4.69, 9.17) is 21.1 Å². The van der Waals surface area contributed by atoms with Gasteiger partial charge in [0.25, 0.3) is 11.8 Å². The highest BCUT2D eigenvalue weighted by molar-refractivity contribution is 6.30. The van der Waals surface area contributed by atoms with Gasteiger partial charge in [0.2, 0.25) is 0 Å². The van der Waals surface area contributed by atoms with Gasteiger partial charge in [0.1, 0.15) is 11.6 Å². The average molecular weight is 486 g/mol. The van der Waals surface area contributed by atoms with Gasteiger partial charge < -0.3 is 20.1 Å². The lowest BCUT2D eigenvalue weighted by Crippen LogP contribution is -2.51. The van der Waals surface area contributed by atoms with Gasteiger partial charge in [0.15, 0.2) is 6.61 Å². The van der Waals surface area contributed by atoms with Crippen molar-refractivity contribution in [1.29, 1.82) is 0 Å². The Kier molecular flexibility index (Phi) is 6.27. The van der Waals surface area contributed by atoms with Crippen molar-refractivity contribution in [1.82, 2.24) is 15.6 Å². The third kappa shape index (κ3) is 4.79. The van der Waals surface area contributed by atoms with Gasteiger partial charge in [-0.05, 0) is 61.4 Å². The van der Waals surface area contributed by atoms with Crippen molar-refractivity contribution in [3.05, 3.63) is 64.7 Å². The summed E-state index contributed by atoms with van der Waals surface area (Å²) >= 11 is 5.66. The molecule has 2 bridgehead atoms. The van der Waals surface area contributed by atoms with Crippen molar-refractivity contribution < 1.29 is 23.5 Å². The molecule has 3 fully saturated rings. The minimum absolute atomic E-state index is 0.00156. The van der Waals surface area contributed by atoms with Gasteiger partial charge in [-0.3, -0.25) is 14.6 Å². The maximum Gasteiger partial charge on any atom is 0.258 e. The van der Waals surface area contributed by atoms with E-state index in [-0.39, 0.29) is 40.8 Å². The summed E-state index contributed by atoms with van der Waals surface area (Å²) in [6.45, 7) is 1.06. The Morgan fingerprint density at radius 3 is 2.79 bits per heavy atom. The highest BCUT2D eigenvalue weighted by atomic mass is 35.5. The first-order chi connectivity index (χ1) is 16.4. The number of nitrogens with zero attached hydrogens (tertiary/aromatic N) is 1. The van der Waals surface area contributed by atoms with Crippen LogP contribution in [0.15, 0.2) is 42.6 Å². The van der Waals surface area contributed by atoms with Crippen LogP contribution in [0, 0.1) is 11.7 Å². The number of rotatable bonds is 7. The SMILES string of the molecule is O=C(COc1ccc(Cl)c(F)c1)NC1CC2(NC(=O)c3ccc(C4=CCOCC4)nc3)CC1C2. The number of hydrogen-bond acceptors (Lipinski definition) is 5. The topological polar surface area (TPSA) is 89.6 Å². The summed E-state index contributed by atoms with van der Waals surface area (Å²) in [6.07, 6.45) is 6.77. The van der Waals surface area contributed by atoms with E-state index in [1.165, 1.54) is 12.1 Å². The largest absolute Gasteiger partial charge is 0.484 e. The number of ether oxygens (including phenoxy) is 2. The molecule has 4 aliphatic rings. The molecule has 0 radical (unpaired) electrons. The van der Waals surface area contributed by atoms with E-state index in [0.717, 1.165) is 36.6 Å². The lowest BCUT2D eigenvalue weighted by molar-refractivity contribution is -0.124. The average Bonchev–Trinajstić information content (AvgIpc) is 3.34. The molecule has 0 saturated heterocycles. The minimum atomic E-state index is -0.598. The molecule has 3 saturated carbocycles. The summed E-state index contributed by atoms with van der Waals surface area (Å²) in [7, 11) is 0. The number of fused-ring (bicyclic) bond motifs is 1. The highest BCUT2D eigenvalue weighted by Gasteiger charge is 2.57. The van der Waals surface area contributed by atoms with Gasteiger partial charge in [-0.2, -0.15) is 0 Å². The number of carbonyl (C=O) groups excluding carboxylic acids is 2. The second-order valence-electron chi connectivity index (χ2n) is 9.13. The molecule has 3 aliphatic carbocycles. The second-order valence-corrected chi connectivity index (χ2v) is 9.54. The lowest BCUT2D eigenvalue weighted by Gasteiger charge is -2.39. The molecule has 0 spiro atoms. The van der Waals surface area contributed by atoms with Gasteiger partial charge in [-0.25, -0.2) is 4.39 Å². The number of carbonyl (C=O) groups is 2. The van der Waals surface area contributed by atoms with Crippen molar-refractivity contribution in [2.75, 3.05) is 19.8 Å². The standard InChI is InChI=1S/C25H25ClFN3O4/c26-19-3-2-18(9-20(19)27)34-14-23(31)29-22-12-25(10-17(22)11-25)30-24(32)16-1-4-21(28-13-16)15-5-7-33-8-6-15/h1-5,9,13,17,22H,6-8,10-12,14H2,(H,29,31)(H,30,32). The van der Waals surface area contributed by atoms with Gasteiger partial charge in [0.05, 0.1) is 29.5 Å². The zero-order valence-electron chi connectivity index (χ0n) is 18.5. The fourth-order valence-electron chi connectivity index (χ4n) is 5.06. The van der Waals surface area contributed by atoms with E-state index in [9.17, 15) is 14.0 Å². The molecule has 9 heteroatoms. The minimum Gasteiger partial charge on any atom is -0.484 e. The summed E-state index contributed by atoms with van der Waals surface area (Å²) < 4.78 is 24.2. The molecule has 1 aromatic carbocycles. The van der Waals surface area contributed by atoms with Crippen molar-refractivity contribution in [3.8, 4) is 5.75 Å². The van der Waals surface area contributed by atoms with Gasteiger partial charge >= 0.3 is 0 Å². The fraction of sp³-hybridized carbons (Fsp3) is 0.400. The van der Waals surface area contributed by atoms with Crippen LogP contribution in [-0.4, -0.2) is 48.2 Å². The molecule has 2 N–H and O–H groups in total. The predicted octanol–water partition coefficient (Wildman–Crippen LogP) is 3.52. The Bertz CT molecular complexity index is 1130. The van der Waals surface area contributed by atoms with Crippen molar-refractivity contribution in [3.63, 3.8) is 0 Å². The number of hydrogen-bond donors (Lipinski definition) is 2. The molecule has 2 heterocycles. The normalized spacial score (nSPS) is 25.2. The maximum atomic E-state index is 13.5. The van der Waals surface area contributed by atoms with Crippen molar-refractivity contribution in [2.45, 2.75) is 37.3 Å². The Hall–Kier alpha value is -2.97. The highest BCUT2D eigenvalue weighted by Crippen LogP contribution is 2.52. The van der Waals surface area contributed by atoms with Crippen LogP contribution in [-0.2, 0) is 9.53 Å². The Balaban J connectivity index is 1.11. The lowest BCUT2D eigenvalue weighted by atomic mass is 9.76. The van der Waals surface area contributed by atoms with Crippen LogP contribution in [0.4, 0.5) is 4.39 Å². The number of aromatic nitrogens is 1. The van der Waals surface area contributed by atoms with Gasteiger partial charge in [0, 0.05) is 23.8 Å². The molecule has 34 heavy (non-hydrogen) atoms. The number of pyridine rings is 1. The molecule has 6 rings (SSSR count). The van der Waals surface area contributed by atoms with E-state index < -0.39 is 5.82 Å². The first-order valence-electron chi connectivity index (χ1n) is 11.3. The predicted molar refractivity (Wildman–Crippen MR) is 124 cm³/mol. The fourth-order valence-corrected chi connectivity index (χ4v) is 5.18. The molecule has 1 unspecified atom stereocenters. The molecule has 1 aromatic heterocycles. The molecular formula is C25H25ClFN3O4. The zero-order chi connectivity index (χ0) is 23.7. The van der Waals surface area contributed by atoms with Gasteiger partial charge in [-0.15, -0.1) is 0 Å². The van der Waals surface area contributed by atoms with E-state index in [1.54, 1.807) is 12.3 Å². The molecule has 1 aliphatic heterocycles. The summed E-state index contributed by atoms with van der Waals surface area (Å²) in [6, 6.07) is 7.68. The van der Waals surface area contributed by atoms with Crippen molar-refractivity contribution >= 4 is 29.0 Å². The quantitative estimate of drug-likeness (QED) is 0.626. The maximum absolute atomic E-state index is 13.5. The summed E-state index contributed by atoms with van der Waals surface area (Å²) in [4.78, 5) is 29.6. The number of nitrogens with one attached hydrogen (secondary N) is 2. The monoisotopic (exact) mass is 485 g/mol. The number of halogens is 2. The van der Waals surface area contributed by atoms with Crippen LogP contribution in [0.3, 0.4) is 0 Å². The van der Waals surface area contributed by atoms with Crippen molar-refractivity contribution in [2.24, 2.45) is 5.92 Å². The molecular weight excluding hydrogens is 461 g/mol. The smallest absolute Gasteiger partial charge is 0.258 e. The summed E-state index contributed by atoms with van der Waals surface area (Å²) in [5, 5.41) is 6.14. The zero-order valence-corrected chi connectivity index (χ0v) is 19.2. The molecule has 2 aromatic rings. The third-order valence-corrected chi connectivity index (χ3v) is 7.10. The summed E-state index contributed by atoms with van der Waals surface area (Å²) in [5.41, 5.74) is 2.22. The van der Waals surface area contributed by atoms with Crippen LogP contribution < -0.4 is 15.4 Å². The number of amides is 2. The van der Waals surface area contributed by atoms with Gasteiger partial charge in [-0.1, -0.05) is 17.7 Å². The third-order valence-electron chi connectivity index (χ3n) is 6.79. The molecule has 2 amide bonds. The Morgan fingerprint density at radius 2 is 2.09 bits per heavy atom. The first-order valence-corrected chi connectivity index (χ1v) is 11.7. The van der Waals surface area contributed by atoms with Crippen LogP contribution in [0.1, 0.15) is 41.7 Å². The molecule has 7 nitrogen and oxygen atoms in total. The van der Waals surface area contributed by atoms with E-state index in [1.807, 2.05) is 12.1 Å². The van der Waals surface area contributed by atoms with E-state index >= 15 is 0 Å². The second kappa shape index (κ2) is 9.35. The summed E-state index contributed by atoms with van der Waals surface area (Å²) in [5.74, 6) is -0.475. The van der Waals surface area contributed by atoms with Crippen LogP contribution in [0.5, 0.6) is 5.75 Å². The van der Waals surface area contributed by atoms with Crippen LogP contribution in [0.2, 0.25) is 5.02 Å². The Labute approximate surface area is 201 Å². The van der Waals surface area contributed by atoms with E-state index in [2.05, 4.69) is 15.6 Å². The number of benzene rings is 1. The van der Waals surface area contributed by atoms with E-state index in [0.29, 0.717) is 31.1 Å². The molecule has 1 atom stereocenters. The van der Waals surface area contributed by atoms with Crippen LogP contribution in [0.25, 0.3) is 5.57 Å². The Morgan fingerprint density at radius 1 is 1.24 bits per heavy atom.